The molecule has 0 aromatic heterocycles. The molecule has 27 heavy (non-hydrogen) atoms. The molecule has 1 unspecified atom stereocenters. The normalized spacial score (nSPS) is 14.2. The van der Waals surface area contributed by atoms with E-state index in [0.717, 1.165) is 10.8 Å². The average molecular weight is 477 g/mol. The molecule has 1 aromatic rings. The summed E-state index contributed by atoms with van der Waals surface area (Å²) in [7, 11) is 3.48. The van der Waals surface area contributed by atoms with E-state index in [1.165, 1.54) is 16.7 Å². The molecular weight excluding hydrogens is 443 g/mol. The Bertz CT molecular complexity index is 574. The maximum Gasteiger partial charge on any atom is 3.00 e. The SMILES string of the molecule is CC1=C(C)C(C)[C-]=C1[Si].Cc1cc(O)cc(C(C)(C)C)c1.Cl.Cl.[CH3-].[CH3-].[Si].[Ti+3]. The Hall–Kier alpha value is 0.228. The molecule has 0 amide bonds. The third-order valence-electron chi connectivity index (χ3n) is 3.91. The summed E-state index contributed by atoms with van der Waals surface area (Å²) in [4.78, 5) is 0. The van der Waals surface area contributed by atoms with Crippen molar-refractivity contribution >= 4 is 46.0 Å². The second-order valence-electron chi connectivity index (χ2n) is 6.86. The third kappa shape index (κ3) is 13.1. The van der Waals surface area contributed by atoms with Crippen LogP contribution in [-0.2, 0) is 27.1 Å². The Kier molecular flexibility index (Phi) is 26.4. The van der Waals surface area contributed by atoms with Crippen molar-refractivity contribution in [3.05, 3.63) is 66.6 Å². The molecule has 1 atom stereocenters. The van der Waals surface area contributed by atoms with Crippen molar-refractivity contribution in [1.82, 2.24) is 0 Å². The number of aromatic hydroxyl groups is 1. The van der Waals surface area contributed by atoms with Crippen LogP contribution < -0.4 is 0 Å². The summed E-state index contributed by atoms with van der Waals surface area (Å²) in [5.41, 5.74) is 5.18. The van der Waals surface area contributed by atoms with Crippen LogP contribution in [0.1, 0.15) is 52.7 Å². The van der Waals surface area contributed by atoms with Gasteiger partial charge in [-0.3, -0.25) is 6.08 Å². The zero-order valence-electron chi connectivity index (χ0n) is 18.1. The topological polar surface area (TPSA) is 20.2 Å². The molecule has 0 saturated heterocycles. The Morgan fingerprint density at radius 3 is 1.67 bits per heavy atom. The summed E-state index contributed by atoms with van der Waals surface area (Å²) in [6.07, 6.45) is 3.27. The van der Waals surface area contributed by atoms with Gasteiger partial charge in [-0.2, -0.15) is 5.57 Å². The molecule has 2 rings (SSSR count). The molecule has 0 heterocycles. The molecule has 1 aliphatic rings. The Morgan fingerprint density at radius 2 is 1.44 bits per heavy atom. The van der Waals surface area contributed by atoms with Gasteiger partial charge in [-0.25, -0.2) is 10.8 Å². The first-order valence-corrected chi connectivity index (χ1v) is 7.86. The molecule has 0 spiro atoms. The van der Waals surface area contributed by atoms with Gasteiger partial charge in [0.2, 0.25) is 0 Å². The van der Waals surface area contributed by atoms with Gasteiger partial charge in [-0.15, -0.1) is 31.7 Å². The number of allylic oxidation sites excluding steroid dienone is 4. The minimum Gasteiger partial charge on any atom is -0.508 e. The number of hydrogen-bond donors (Lipinski definition) is 1. The van der Waals surface area contributed by atoms with Gasteiger partial charge in [0.15, 0.2) is 0 Å². The first kappa shape index (κ1) is 41.6. The van der Waals surface area contributed by atoms with Crippen LogP contribution in [0, 0.1) is 33.8 Å². The molecule has 0 aliphatic heterocycles. The third-order valence-corrected chi connectivity index (χ3v) is 4.42. The van der Waals surface area contributed by atoms with Crippen molar-refractivity contribution in [1.29, 1.82) is 0 Å². The summed E-state index contributed by atoms with van der Waals surface area (Å²) in [6, 6.07) is 5.71. The molecule has 1 aromatic carbocycles. The predicted molar refractivity (Wildman–Crippen MR) is 125 cm³/mol. The largest absolute Gasteiger partial charge is 3.00 e. The smallest absolute Gasteiger partial charge is 0.508 e. The van der Waals surface area contributed by atoms with Crippen LogP contribution in [0.5, 0.6) is 5.75 Å². The van der Waals surface area contributed by atoms with Crippen LogP contribution in [0.4, 0.5) is 0 Å². The van der Waals surface area contributed by atoms with Gasteiger partial charge < -0.3 is 20.0 Å². The summed E-state index contributed by atoms with van der Waals surface area (Å²) in [5.74, 6) is 0.873. The molecule has 1 N–H and O–H groups in total. The molecular formula is C21H34Cl2OSi2Ti. The van der Waals surface area contributed by atoms with Gasteiger partial charge in [0.05, 0.1) is 0 Å². The van der Waals surface area contributed by atoms with E-state index in [1.54, 1.807) is 6.07 Å². The van der Waals surface area contributed by atoms with Crippen molar-refractivity contribution in [2.45, 2.75) is 53.9 Å². The van der Waals surface area contributed by atoms with E-state index in [2.05, 4.69) is 63.9 Å². The van der Waals surface area contributed by atoms with Crippen molar-refractivity contribution in [3.63, 3.8) is 0 Å². The van der Waals surface area contributed by atoms with Gasteiger partial charge in [-0.1, -0.05) is 46.6 Å². The number of halogens is 2. The van der Waals surface area contributed by atoms with E-state index in [-0.39, 0.29) is 77.8 Å². The van der Waals surface area contributed by atoms with Gasteiger partial charge >= 0.3 is 21.7 Å². The summed E-state index contributed by atoms with van der Waals surface area (Å²) < 4.78 is 0. The predicted octanol–water partition coefficient (Wildman–Crippen LogP) is 6.19. The fraction of sp³-hybridized carbons (Fsp3) is 0.429. The van der Waals surface area contributed by atoms with Crippen LogP contribution in [0.25, 0.3) is 0 Å². The van der Waals surface area contributed by atoms with E-state index < -0.39 is 0 Å². The van der Waals surface area contributed by atoms with Crippen LogP contribution in [0.15, 0.2) is 34.5 Å². The molecule has 6 heteroatoms. The zero-order chi connectivity index (χ0) is 16.4. The monoisotopic (exact) mass is 476 g/mol. The number of hydrogen-bond acceptors (Lipinski definition) is 1. The van der Waals surface area contributed by atoms with E-state index in [9.17, 15) is 5.11 Å². The molecule has 1 nitrogen and oxygen atoms in total. The molecule has 0 fully saturated rings. The quantitative estimate of drug-likeness (QED) is 0.349. The van der Waals surface area contributed by atoms with Crippen molar-refractivity contribution in [3.8, 4) is 5.75 Å². The van der Waals surface area contributed by atoms with Gasteiger partial charge in [-0.05, 0) is 35.6 Å². The number of aryl methyl sites for hydroxylation is 1. The minimum absolute atomic E-state index is 0. The second-order valence-corrected chi connectivity index (χ2v) is 7.36. The first-order chi connectivity index (χ1) is 9.52. The van der Waals surface area contributed by atoms with Crippen molar-refractivity contribution in [2.24, 2.45) is 5.92 Å². The second kappa shape index (κ2) is 17.1. The van der Waals surface area contributed by atoms with Crippen LogP contribution >= 0.6 is 24.8 Å². The van der Waals surface area contributed by atoms with E-state index in [1.807, 2.05) is 13.0 Å². The van der Waals surface area contributed by atoms with Crippen LogP contribution in [-0.4, -0.2) is 26.3 Å². The maximum absolute atomic E-state index is 9.36. The number of phenolic OH excluding ortho intramolecular Hbond substituents is 1. The molecule has 0 saturated carbocycles. The molecule has 0 bridgehead atoms. The molecule has 1 aliphatic carbocycles. The zero-order valence-corrected chi connectivity index (χ0v) is 23.3. The molecule has 8 radical (unpaired) electrons. The first-order valence-electron chi connectivity index (χ1n) is 7.36. The summed E-state index contributed by atoms with van der Waals surface area (Å²) >= 11 is 0. The number of benzene rings is 1. The summed E-state index contributed by atoms with van der Waals surface area (Å²) in [6.45, 7) is 14.8. The van der Waals surface area contributed by atoms with Gasteiger partial charge in [0.1, 0.15) is 5.75 Å². The number of phenols is 1. The Balaban J connectivity index is -0.0000000682. The van der Waals surface area contributed by atoms with Crippen molar-refractivity contribution < 1.29 is 26.8 Å². The Morgan fingerprint density at radius 1 is 1.00 bits per heavy atom. The van der Waals surface area contributed by atoms with Crippen molar-refractivity contribution in [2.75, 3.05) is 0 Å². The fourth-order valence-corrected chi connectivity index (χ4v) is 2.56. The van der Waals surface area contributed by atoms with Crippen LogP contribution in [0.2, 0.25) is 0 Å². The Labute approximate surface area is 204 Å². The van der Waals surface area contributed by atoms with Crippen LogP contribution in [0.3, 0.4) is 0 Å². The van der Waals surface area contributed by atoms with Gasteiger partial charge in [0, 0.05) is 21.2 Å². The maximum atomic E-state index is 9.36. The van der Waals surface area contributed by atoms with E-state index >= 15 is 0 Å². The average Bonchev–Trinajstić information content (AvgIpc) is 2.55. The van der Waals surface area contributed by atoms with E-state index in [4.69, 9.17) is 0 Å². The summed E-state index contributed by atoms with van der Waals surface area (Å²) in [5, 5.41) is 10.5. The fourth-order valence-electron chi connectivity index (χ4n) is 2.15. The van der Waals surface area contributed by atoms with Gasteiger partial charge in [0.25, 0.3) is 0 Å². The number of rotatable bonds is 0. The van der Waals surface area contributed by atoms with E-state index in [0.29, 0.717) is 11.7 Å². The standard InChI is InChI=1S/C11H16O.C8H10Si.2CH3.2ClH.Si.Ti/c1-8-5-9(11(2,3)4)7-10(12)6-8;1-5-4-8(9)7(3)6(5)2;;;;;;/h5-7,12H,1-4H3;5H,1-3H3;2*1H3;2*1H;;/q;3*-1;;;;+3. The minimum atomic E-state index is 0. The molecule has 150 valence electrons.